The maximum atomic E-state index is 13.1. The quantitative estimate of drug-likeness (QED) is 0.318. The smallest absolute Gasteiger partial charge is 0.309 e. The summed E-state index contributed by atoms with van der Waals surface area (Å²) in [7, 11) is 0. The van der Waals surface area contributed by atoms with Gasteiger partial charge in [0.15, 0.2) is 0 Å². The van der Waals surface area contributed by atoms with Crippen molar-refractivity contribution in [2.45, 2.75) is 51.1 Å². The molecule has 1 fully saturated rings. The van der Waals surface area contributed by atoms with Crippen molar-refractivity contribution < 1.29 is 29.0 Å². The van der Waals surface area contributed by atoms with Gasteiger partial charge in [-0.2, -0.15) is 0 Å². The third-order valence-electron chi connectivity index (χ3n) is 6.38. The van der Waals surface area contributed by atoms with E-state index in [0.717, 1.165) is 18.4 Å². The number of amides is 3. The molecular weight excluding hydrogens is 450 g/mol. The maximum Gasteiger partial charge on any atom is 0.309 e. The van der Waals surface area contributed by atoms with Crippen LogP contribution >= 0.6 is 0 Å². The van der Waals surface area contributed by atoms with Crippen LogP contribution in [-0.4, -0.2) is 66.0 Å². The van der Waals surface area contributed by atoms with E-state index in [9.17, 15) is 24.3 Å². The Morgan fingerprint density at radius 2 is 1.83 bits per heavy atom. The minimum absolute atomic E-state index is 0.0590. The van der Waals surface area contributed by atoms with Gasteiger partial charge < -0.3 is 25.4 Å². The lowest BCUT2D eigenvalue weighted by molar-refractivity contribution is -0.152. The molecule has 190 valence electrons. The third kappa shape index (κ3) is 7.65. The Hall–Kier alpha value is -3.20. The number of carbonyl (C=O) groups is 4. The van der Waals surface area contributed by atoms with Crippen molar-refractivity contribution in [3.8, 4) is 0 Å². The molecular formula is C26H35N3O6. The standard InChI is InChI=1S/C26H35N3O6/c1-18(16-30)27-24(32)21-12-6-5-11-20(15-23(31)29-13-7-8-14-29)26(34)35-17-22(28-25(21)33)19-9-3-2-4-10-19/h2-6,9-10,18,20-22,30H,7-8,11-17H2,1H3,(H,27,32)(H,28,33)/t18-,20?,21?,22?/m0/s1. The zero-order valence-corrected chi connectivity index (χ0v) is 20.2. The number of allylic oxidation sites excluding steroid dienone is 2. The highest BCUT2D eigenvalue weighted by atomic mass is 16.5. The molecule has 35 heavy (non-hydrogen) atoms. The number of likely N-dealkylation sites (tertiary alicyclic amines) is 1. The van der Waals surface area contributed by atoms with Crippen LogP contribution in [0.4, 0.5) is 0 Å². The first-order valence-electron chi connectivity index (χ1n) is 12.2. The molecule has 2 aliphatic rings. The molecule has 0 aromatic heterocycles. The average Bonchev–Trinajstić information content (AvgIpc) is 3.40. The van der Waals surface area contributed by atoms with Crippen LogP contribution < -0.4 is 10.6 Å². The van der Waals surface area contributed by atoms with Gasteiger partial charge in [-0.1, -0.05) is 42.5 Å². The minimum Gasteiger partial charge on any atom is -0.463 e. The van der Waals surface area contributed by atoms with Crippen molar-refractivity contribution in [2.75, 3.05) is 26.3 Å². The number of hydrogen-bond acceptors (Lipinski definition) is 6. The number of rotatable bonds is 6. The van der Waals surface area contributed by atoms with Gasteiger partial charge in [-0.25, -0.2) is 0 Å². The van der Waals surface area contributed by atoms with Gasteiger partial charge in [0.25, 0.3) is 0 Å². The van der Waals surface area contributed by atoms with E-state index in [2.05, 4.69) is 10.6 Å². The van der Waals surface area contributed by atoms with Gasteiger partial charge in [0.2, 0.25) is 17.7 Å². The molecule has 2 aliphatic heterocycles. The highest BCUT2D eigenvalue weighted by Gasteiger charge is 2.31. The second kappa shape index (κ2) is 13.0. The van der Waals surface area contributed by atoms with Crippen LogP contribution in [0, 0.1) is 11.8 Å². The lowest BCUT2D eigenvalue weighted by atomic mass is 9.97. The van der Waals surface area contributed by atoms with Crippen molar-refractivity contribution in [1.29, 1.82) is 0 Å². The van der Waals surface area contributed by atoms with E-state index in [0.29, 0.717) is 13.1 Å². The van der Waals surface area contributed by atoms with Crippen LogP contribution in [0.1, 0.15) is 50.6 Å². The number of hydrogen-bond donors (Lipinski definition) is 3. The van der Waals surface area contributed by atoms with E-state index in [1.807, 2.05) is 30.3 Å². The molecule has 2 heterocycles. The van der Waals surface area contributed by atoms with Gasteiger partial charge in [-0.05, 0) is 38.2 Å². The summed E-state index contributed by atoms with van der Waals surface area (Å²) in [4.78, 5) is 53.3. The van der Waals surface area contributed by atoms with Gasteiger partial charge in [-0.3, -0.25) is 19.2 Å². The van der Waals surface area contributed by atoms with E-state index in [1.165, 1.54) is 0 Å². The van der Waals surface area contributed by atoms with Gasteiger partial charge in [0.1, 0.15) is 12.5 Å². The molecule has 3 amide bonds. The Morgan fingerprint density at radius 1 is 1.14 bits per heavy atom. The fourth-order valence-electron chi connectivity index (χ4n) is 4.25. The summed E-state index contributed by atoms with van der Waals surface area (Å²) in [6, 6.07) is 7.93. The van der Waals surface area contributed by atoms with Crippen LogP contribution in [-0.2, 0) is 23.9 Å². The zero-order valence-electron chi connectivity index (χ0n) is 20.2. The number of benzene rings is 1. The molecule has 1 aromatic rings. The van der Waals surface area contributed by atoms with Gasteiger partial charge in [0.05, 0.1) is 18.6 Å². The zero-order chi connectivity index (χ0) is 25.2. The largest absolute Gasteiger partial charge is 0.463 e. The van der Waals surface area contributed by atoms with Crippen LogP contribution in [0.25, 0.3) is 0 Å². The maximum absolute atomic E-state index is 13.1. The van der Waals surface area contributed by atoms with Gasteiger partial charge in [-0.15, -0.1) is 0 Å². The Morgan fingerprint density at radius 3 is 2.51 bits per heavy atom. The molecule has 3 unspecified atom stereocenters. The summed E-state index contributed by atoms with van der Waals surface area (Å²) in [6.07, 6.45) is 5.81. The fourth-order valence-corrected chi connectivity index (χ4v) is 4.25. The van der Waals surface area contributed by atoms with E-state index in [4.69, 9.17) is 4.74 Å². The molecule has 3 rings (SSSR count). The number of aliphatic hydroxyl groups excluding tert-OH is 1. The SMILES string of the molecule is C[C@@H](CO)NC(=O)C1CC=CCC(CC(=O)N2CCCC2)C(=O)OCC(c2ccccc2)NC1=O. The Bertz CT molecular complexity index is 913. The van der Waals surface area contributed by atoms with E-state index in [-0.39, 0.29) is 38.4 Å². The summed E-state index contributed by atoms with van der Waals surface area (Å²) in [5.74, 6) is -3.20. The normalized spacial score (nSPS) is 24.5. The first-order valence-corrected chi connectivity index (χ1v) is 12.2. The Kier molecular flexibility index (Phi) is 9.84. The second-order valence-electron chi connectivity index (χ2n) is 9.18. The van der Waals surface area contributed by atoms with Crippen molar-refractivity contribution in [2.24, 2.45) is 11.8 Å². The van der Waals surface area contributed by atoms with Gasteiger partial charge >= 0.3 is 5.97 Å². The molecule has 0 aliphatic carbocycles. The number of nitrogens with zero attached hydrogens (tertiary/aromatic N) is 1. The number of aliphatic hydroxyl groups is 1. The molecule has 9 nitrogen and oxygen atoms in total. The van der Waals surface area contributed by atoms with E-state index in [1.54, 1.807) is 24.0 Å². The number of cyclic esters (lactones) is 1. The van der Waals surface area contributed by atoms with Crippen molar-refractivity contribution in [3.05, 3.63) is 48.0 Å². The molecule has 3 N–H and O–H groups in total. The lowest BCUT2D eigenvalue weighted by Crippen LogP contribution is -2.46. The highest BCUT2D eigenvalue weighted by Crippen LogP contribution is 2.21. The Labute approximate surface area is 205 Å². The van der Waals surface area contributed by atoms with Crippen LogP contribution in [0.15, 0.2) is 42.5 Å². The first kappa shape index (κ1) is 26.4. The third-order valence-corrected chi connectivity index (χ3v) is 6.38. The number of nitrogens with one attached hydrogen (secondary N) is 2. The molecule has 0 radical (unpaired) electrons. The summed E-state index contributed by atoms with van der Waals surface area (Å²) in [5, 5.41) is 14.8. The minimum atomic E-state index is -1.02. The van der Waals surface area contributed by atoms with Gasteiger partial charge in [0, 0.05) is 25.6 Å². The summed E-state index contributed by atoms with van der Waals surface area (Å²) < 4.78 is 5.59. The highest BCUT2D eigenvalue weighted by molar-refractivity contribution is 6.00. The molecule has 0 bridgehead atoms. The van der Waals surface area contributed by atoms with E-state index < -0.39 is 41.7 Å². The molecule has 0 spiro atoms. The topological polar surface area (TPSA) is 125 Å². The number of esters is 1. The summed E-state index contributed by atoms with van der Waals surface area (Å²) in [5.41, 5.74) is 0.730. The number of ether oxygens (including phenoxy) is 1. The predicted molar refractivity (Wildman–Crippen MR) is 129 cm³/mol. The van der Waals surface area contributed by atoms with Crippen molar-refractivity contribution >= 4 is 23.7 Å². The molecule has 1 saturated heterocycles. The molecule has 9 heteroatoms. The predicted octanol–water partition coefficient (Wildman–Crippen LogP) is 1.48. The number of carbonyl (C=O) groups excluding carboxylic acids is 4. The average molecular weight is 486 g/mol. The molecule has 0 saturated carbocycles. The van der Waals surface area contributed by atoms with E-state index >= 15 is 0 Å². The first-order chi connectivity index (χ1) is 16.9. The molecule has 1 aromatic carbocycles. The monoisotopic (exact) mass is 485 g/mol. The van der Waals surface area contributed by atoms with Crippen molar-refractivity contribution in [3.63, 3.8) is 0 Å². The summed E-state index contributed by atoms with van der Waals surface area (Å²) in [6.45, 7) is 2.71. The lowest BCUT2D eigenvalue weighted by Gasteiger charge is -2.25. The van der Waals surface area contributed by atoms with Crippen molar-refractivity contribution in [1.82, 2.24) is 15.5 Å². The fraction of sp³-hybridized carbons (Fsp3) is 0.538. The van der Waals surface area contributed by atoms with Crippen LogP contribution in [0.3, 0.4) is 0 Å². The van der Waals surface area contributed by atoms with Crippen LogP contribution in [0.5, 0.6) is 0 Å². The second-order valence-corrected chi connectivity index (χ2v) is 9.18. The molecule has 4 atom stereocenters. The Balaban J connectivity index is 1.82. The van der Waals surface area contributed by atoms with Crippen LogP contribution in [0.2, 0.25) is 0 Å². The summed E-state index contributed by atoms with van der Waals surface area (Å²) >= 11 is 0.